The molecule has 1 unspecified atom stereocenters. The number of nitrogens with two attached hydrogens (primary N) is 1. The van der Waals surface area contributed by atoms with Crippen molar-refractivity contribution in [2.24, 2.45) is 0 Å². The number of aliphatic hydroxyl groups excluding tert-OH is 1. The van der Waals surface area contributed by atoms with Crippen molar-refractivity contribution in [1.29, 1.82) is 0 Å². The molecule has 1 fully saturated rings. The van der Waals surface area contributed by atoms with Gasteiger partial charge in [0.15, 0.2) is 0 Å². The summed E-state index contributed by atoms with van der Waals surface area (Å²) in [6.07, 6.45) is 6.36. The minimum absolute atomic E-state index is 0.277. The van der Waals surface area contributed by atoms with E-state index in [9.17, 15) is 0 Å². The Kier molecular flexibility index (Phi) is 4.34. The Morgan fingerprint density at radius 3 is 3.12 bits per heavy atom. The predicted octanol–water partition coefficient (Wildman–Crippen LogP) is 1.40. The first-order valence-corrected chi connectivity index (χ1v) is 6.35. The van der Waals surface area contributed by atoms with Gasteiger partial charge in [-0.25, -0.2) is 4.98 Å². The van der Waals surface area contributed by atoms with Crippen LogP contribution in [0.25, 0.3) is 0 Å². The highest BCUT2D eigenvalue weighted by Crippen LogP contribution is 2.21. The van der Waals surface area contributed by atoms with Crippen molar-refractivity contribution in [2.45, 2.75) is 38.3 Å². The second kappa shape index (κ2) is 5.98. The SMILES string of the molecule is Nc1cc(CN2CCCCC2CCO)ccn1. The Bertz CT molecular complexity index is 354. The molecular weight excluding hydrogens is 214 g/mol. The molecule has 17 heavy (non-hydrogen) atoms. The number of nitrogens with zero attached hydrogens (tertiary/aromatic N) is 2. The summed E-state index contributed by atoms with van der Waals surface area (Å²) in [5.41, 5.74) is 6.90. The number of piperidine rings is 1. The zero-order chi connectivity index (χ0) is 12.1. The van der Waals surface area contributed by atoms with E-state index in [1.54, 1.807) is 6.20 Å². The summed E-state index contributed by atoms with van der Waals surface area (Å²) < 4.78 is 0. The molecule has 1 aromatic heterocycles. The van der Waals surface area contributed by atoms with E-state index in [-0.39, 0.29) is 6.61 Å². The summed E-state index contributed by atoms with van der Waals surface area (Å²) in [5, 5.41) is 9.09. The second-order valence-corrected chi connectivity index (χ2v) is 4.72. The molecule has 3 N–H and O–H groups in total. The smallest absolute Gasteiger partial charge is 0.123 e. The Balaban J connectivity index is 2.00. The number of anilines is 1. The molecule has 0 spiro atoms. The van der Waals surface area contributed by atoms with Crippen molar-refractivity contribution in [3.63, 3.8) is 0 Å². The standard InChI is InChI=1S/C13H21N3O/c14-13-9-11(4-6-15-13)10-16-7-2-1-3-12(16)5-8-17/h4,6,9,12,17H,1-3,5,7-8,10H2,(H2,14,15). The van der Waals surface area contributed by atoms with Gasteiger partial charge in [-0.1, -0.05) is 6.42 Å². The van der Waals surface area contributed by atoms with Crippen LogP contribution in [0.2, 0.25) is 0 Å². The average Bonchev–Trinajstić information content (AvgIpc) is 2.32. The van der Waals surface area contributed by atoms with Crippen LogP contribution in [0.4, 0.5) is 5.82 Å². The maximum Gasteiger partial charge on any atom is 0.123 e. The van der Waals surface area contributed by atoms with Gasteiger partial charge in [0.2, 0.25) is 0 Å². The van der Waals surface area contributed by atoms with Crippen molar-refractivity contribution >= 4 is 5.82 Å². The molecule has 0 bridgehead atoms. The summed E-state index contributed by atoms with van der Waals surface area (Å²) in [7, 11) is 0. The van der Waals surface area contributed by atoms with Gasteiger partial charge >= 0.3 is 0 Å². The van der Waals surface area contributed by atoms with Gasteiger partial charge in [0.1, 0.15) is 5.82 Å². The zero-order valence-electron chi connectivity index (χ0n) is 10.2. The van der Waals surface area contributed by atoms with Crippen LogP contribution in [0.3, 0.4) is 0 Å². The zero-order valence-corrected chi connectivity index (χ0v) is 10.2. The van der Waals surface area contributed by atoms with Crippen LogP contribution in [0.15, 0.2) is 18.3 Å². The Labute approximate surface area is 102 Å². The van der Waals surface area contributed by atoms with Crippen molar-refractivity contribution < 1.29 is 5.11 Å². The Morgan fingerprint density at radius 1 is 1.47 bits per heavy atom. The fourth-order valence-corrected chi connectivity index (χ4v) is 2.57. The van der Waals surface area contributed by atoms with E-state index in [1.807, 2.05) is 12.1 Å². The summed E-state index contributed by atoms with van der Waals surface area (Å²) in [6, 6.07) is 4.47. The highest BCUT2D eigenvalue weighted by atomic mass is 16.3. The van der Waals surface area contributed by atoms with Crippen molar-refractivity contribution in [1.82, 2.24) is 9.88 Å². The molecule has 0 radical (unpaired) electrons. The second-order valence-electron chi connectivity index (χ2n) is 4.72. The molecule has 2 heterocycles. The van der Waals surface area contributed by atoms with Crippen molar-refractivity contribution in [2.75, 3.05) is 18.9 Å². The van der Waals surface area contributed by atoms with Crippen LogP contribution < -0.4 is 5.73 Å². The van der Waals surface area contributed by atoms with Crippen LogP contribution >= 0.6 is 0 Å². The molecule has 1 aromatic rings. The Hall–Kier alpha value is -1.13. The molecule has 2 rings (SSSR count). The summed E-state index contributed by atoms with van der Waals surface area (Å²) >= 11 is 0. The normalized spacial score (nSPS) is 21.6. The van der Waals surface area contributed by atoms with E-state index in [2.05, 4.69) is 9.88 Å². The minimum Gasteiger partial charge on any atom is -0.396 e. The number of hydrogen-bond acceptors (Lipinski definition) is 4. The van der Waals surface area contributed by atoms with Crippen LogP contribution in [0.5, 0.6) is 0 Å². The predicted molar refractivity (Wildman–Crippen MR) is 68.4 cm³/mol. The van der Waals surface area contributed by atoms with E-state index in [0.29, 0.717) is 11.9 Å². The lowest BCUT2D eigenvalue weighted by molar-refractivity contribution is 0.112. The number of likely N-dealkylation sites (tertiary alicyclic amines) is 1. The largest absolute Gasteiger partial charge is 0.396 e. The first-order valence-electron chi connectivity index (χ1n) is 6.35. The number of rotatable bonds is 4. The van der Waals surface area contributed by atoms with Crippen LogP contribution in [-0.2, 0) is 6.54 Å². The number of hydrogen-bond donors (Lipinski definition) is 2. The highest BCUT2D eigenvalue weighted by molar-refractivity contribution is 5.31. The molecule has 1 saturated heterocycles. The number of pyridine rings is 1. The molecule has 0 amide bonds. The summed E-state index contributed by atoms with van der Waals surface area (Å²) in [4.78, 5) is 6.46. The molecule has 1 aliphatic heterocycles. The lowest BCUT2D eigenvalue weighted by Crippen LogP contribution is -2.39. The first-order chi connectivity index (χ1) is 8.29. The number of nitrogen functional groups attached to an aromatic ring is 1. The molecule has 1 atom stereocenters. The van der Waals surface area contributed by atoms with Crippen LogP contribution in [-0.4, -0.2) is 34.2 Å². The maximum absolute atomic E-state index is 9.09. The average molecular weight is 235 g/mol. The maximum atomic E-state index is 9.09. The fourth-order valence-electron chi connectivity index (χ4n) is 2.57. The third-order valence-electron chi connectivity index (χ3n) is 3.44. The lowest BCUT2D eigenvalue weighted by atomic mass is 9.99. The van der Waals surface area contributed by atoms with Gasteiger partial charge in [-0.15, -0.1) is 0 Å². The van der Waals surface area contributed by atoms with E-state index in [1.165, 1.54) is 24.8 Å². The van der Waals surface area contributed by atoms with Crippen molar-refractivity contribution in [3.05, 3.63) is 23.9 Å². The third kappa shape index (κ3) is 3.41. The van der Waals surface area contributed by atoms with Gasteiger partial charge in [-0.05, 0) is 43.5 Å². The molecule has 1 aliphatic rings. The van der Waals surface area contributed by atoms with Gasteiger partial charge in [-0.2, -0.15) is 0 Å². The van der Waals surface area contributed by atoms with Gasteiger partial charge in [0.05, 0.1) is 0 Å². The van der Waals surface area contributed by atoms with E-state index in [0.717, 1.165) is 19.5 Å². The molecule has 4 nitrogen and oxygen atoms in total. The molecule has 4 heteroatoms. The molecule has 0 saturated carbocycles. The minimum atomic E-state index is 0.277. The van der Waals surface area contributed by atoms with E-state index >= 15 is 0 Å². The summed E-state index contributed by atoms with van der Waals surface area (Å²) in [6.45, 7) is 2.31. The highest BCUT2D eigenvalue weighted by Gasteiger charge is 2.21. The van der Waals surface area contributed by atoms with Gasteiger partial charge in [-0.3, -0.25) is 4.90 Å². The van der Waals surface area contributed by atoms with Crippen LogP contribution in [0.1, 0.15) is 31.2 Å². The molecular formula is C13H21N3O. The Morgan fingerprint density at radius 2 is 2.35 bits per heavy atom. The third-order valence-corrected chi connectivity index (χ3v) is 3.44. The number of aromatic nitrogens is 1. The molecule has 0 aromatic carbocycles. The monoisotopic (exact) mass is 235 g/mol. The fraction of sp³-hybridized carbons (Fsp3) is 0.615. The first kappa shape index (κ1) is 12.3. The lowest BCUT2D eigenvalue weighted by Gasteiger charge is -2.35. The van der Waals surface area contributed by atoms with Crippen LogP contribution in [0, 0.1) is 0 Å². The topological polar surface area (TPSA) is 62.4 Å². The van der Waals surface area contributed by atoms with E-state index in [4.69, 9.17) is 10.8 Å². The van der Waals surface area contributed by atoms with Gasteiger partial charge < -0.3 is 10.8 Å². The molecule has 0 aliphatic carbocycles. The van der Waals surface area contributed by atoms with Gasteiger partial charge in [0.25, 0.3) is 0 Å². The van der Waals surface area contributed by atoms with Gasteiger partial charge in [0, 0.05) is 25.4 Å². The quantitative estimate of drug-likeness (QED) is 0.828. The number of aliphatic hydroxyl groups is 1. The van der Waals surface area contributed by atoms with Crippen molar-refractivity contribution in [3.8, 4) is 0 Å². The van der Waals surface area contributed by atoms with E-state index < -0.39 is 0 Å². The summed E-state index contributed by atoms with van der Waals surface area (Å²) in [5.74, 6) is 0.582. The molecule has 94 valence electrons.